The lowest BCUT2D eigenvalue weighted by atomic mass is 10.2. The van der Waals surface area contributed by atoms with Gasteiger partial charge in [0.1, 0.15) is 5.65 Å². The van der Waals surface area contributed by atoms with Crippen molar-refractivity contribution < 1.29 is 9.53 Å². The number of pyridine rings is 1. The average molecular weight is 362 g/mol. The number of imidazole rings is 1. The first-order valence-electron chi connectivity index (χ1n) is 8.96. The molecule has 0 aliphatic rings. The summed E-state index contributed by atoms with van der Waals surface area (Å²) in [5, 5.41) is 4.08. The molecule has 3 heterocycles. The van der Waals surface area contributed by atoms with E-state index in [9.17, 15) is 4.79 Å². The van der Waals surface area contributed by atoms with Gasteiger partial charge in [-0.3, -0.25) is 4.79 Å². The van der Waals surface area contributed by atoms with Crippen LogP contribution in [-0.4, -0.2) is 33.6 Å². The van der Waals surface area contributed by atoms with Crippen LogP contribution in [0.25, 0.3) is 16.6 Å². The fraction of sp³-hybridized carbons (Fsp3) is 0.238. The Kier molecular flexibility index (Phi) is 4.64. The predicted octanol–water partition coefficient (Wildman–Crippen LogP) is 3.43. The van der Waals surface area contributed by atoms with Gasteiger partial charge in [-0.2, -0.15) is 0 Å². The zero-order valence-electron chi connectivity index (χ0n) is 15.5. The summed E-state index contributed by atoms with van der Waals surface area (Å²) in [6.07, 6.45) is 4.24. The van der Waals surface area contributed by atoms with E-state index in [-0.39, 0.29) is 12.3 Å². The van der Waals surface area contributed by atoms with E-state index in [2.05, 4.69) is 20.9 Å². The number of methoxy groups -OCH3 is 1. The van der Waals surface area contributed by atoms with Crippen LogP contribution in [0.1, 0.15) is 11.4 Å². The molecule has 0 unspecified atom stereocenters. The third-order valence-corrected chi connectivity index (χ3v) is 4.78. The SMILES string of the molecule is COCCn1ccc2c(NC(=O)Cc3c(C)nc4ccccn34)cccc21. The van der Waals surface area contributed by atoms with Crippen molar-refractivity contribution in [1.29, 1.82) is 0 Å². The number of carbonyl (C=O) groups is 1. The van der Waals surface area contributed by atoms with Gasteiger partial charge < -0.3 is 19.0 Å². The summed E-state index contributed by atoms with van der Waals surface area (Å²) in [5.74, 6) is -0.0547. The number of nitrogens with one attached hydrogen (secondary N) is 1. The number of aryl methyl sites for hydroxylation is 1. The Bertz CT molecular complexity index is 1110. The van der Waals surface area contributed by atoms with Gasteiger partial charge in [0, 0.05) is 31.4 Å². The van der Waals surface area contributed by atoms with Crippen LogP contribution in [0, 0.1) is 6.92 Å². The standard InChI is InChI=1S/C21H22N4O2/c1-15-19(25-10-4-3-8-20(25)22-15)14-21(26)23-17-6-5-7-18-16(17)9-11-24(18)12-13-27-2/h3-11H,12-14H2,1-2H3,(H,23,26). The van der Waals surface area contributed by atoms with Gasteiger partial charge >= 0.3 is 0 Å². The lowest BCUT2D eigenvalue weighted by molar-refractivity contribution is -0.115. The average Bonchev–Trinajstić information content (AvgIpc) is 3.22. The maximum atomic E-state index is 12.7. The van der Waals surface area contributed by atoms with Crippen molar-refractivity contribution in [2.45, 2.75) is 19.9 Å². The minimum absolute atomic E-state index is 0.0547. The summed E-state index contributed by atoms with van der Waals surface area (Å²) in [7, 11) is 1.69. The molecule has 0 spiro atoms. The molecule has 0 aliphatic carbocycles. The largest absolute Gasteiger partial charge is 0.383 e. The van der Waals surface area contributed by atoms with E-state index in [1.54, 1.807) is 7.11 Å². The number of rotatable bonds is 6. The van der Waals surface area contributed by atoms with E-state index in [0.717, 1.165) is 40.2 Å². The number of hydrogen-bond donors (Lipinski definition) is 1. The maximum absolute atomic E-state index is 12.7. The number of ether oxygens (including phenoxy) is 1. The van der Waals surface area contributed by atoms with Crippen LogP contribution in [0.5, 0.6) is 0 Å². The number of fused-ring (bicyclic) bond motifs is 2. The monoisotopic (exact) mass is 362 g/mol. The van der Waals surface area contributed by atoms with E-state index >= 15 is 0 Å². The Hall–Kier alpha value is -3.12. The first-order valence-corrected chi connectivity index (χ1v) is 8.96. The van der Waals surface area contributed by atoms with Crippen LogP contribution < -0.4 is 5.32 Å². The van der Waals surface area contributed by atoms with Gasteiger partial charge in [-0.1, -0.05) is 12.1 Å². The Balaban J connectivity index is 1.58. The molecule has 1 aromatic carbocycles. The first-order chi connectivity index (χ1) is 13.2. The second-order valence-electron chi connectivity index (χ2n) is 6.54. The van der Waals surface area contributed by atoms with Gasteiger partial charge in [-0.25, -0.2) is 4.98 Å². The molecule has 0 saturated heterocycles. The summed E-state index contributed by atoms with van der Waals surface area (Å²) in [5.41, 5.74) is 4.54. The highest BCUT2D eigenvalue weighted by Gasteiger charge is 2.14. The zero-order valence-corrected chi connectivity index (χ0v) is 15.5. The summed E-state index contributed by atoms with van der Waals surface area (Å²) in [4.78, 5) is 17.2. The van der Waals surface area contributed by atoms with E-state index in [0.29, 0.717) is 6.61 Å². The van der Waals surface area contributed by atoms with Crippen LogP contribution in [0.2, 0.25) is 0 Å². The second-order valence-corrected chi connectivity index (χ2v) is 6.54. The molecule has 0 saturated carbocycles. The van der Waals surface area contributed by atoms with Crippen LogP contribution in [0.4, 0.5) is 5.69 Å². The molecule has 1 N–H and O–H groups in total. The third kappa shape index (κ3) is 3.31. The summed E-state index contributed by atoms with van der Waals surface area (Å²) < 4.78 is 9.26. The van der Waals surface area contributed by atoms with Crippen molar-refractivity contribution in [2.24, 2.45) is 0 Å². The Morgan fingerprint density at radius 3 is 2.89 bits per heavy atom. The number of hydrogen-bond acceptors (Lipinski definition) is 3. The molecule has 0 radical (unpaired) electrons. The molecule has 4 rings (SSSR count). The van der Waals surface area contributed by atoms with Crippen LogP contribution in [0.3, 0.4) is 0 Å². The van der Waals surface area contributed by atoms with Gasteiger partial charge in [-0.15, -0.1) is 0 Å². The Labute approximate surface area is 157 Å². The number of nitrogens with zero attached hydrogens (tertiary/aromatic N) is 3. The number of carbonyl (C=O) groups excluding carboxylic acids is 1. The molecule has 0 fully saturated rings. The van der Waals surface area contributed by atoms with Crippen molar-refractivity contribution >= 4 is 28.1 Å². The van der Waals surface area contributed by atoms with E-state index in [4.69, 9.17) is 4.74 Å². The van der Waals surface area contributed by atoms with Crippen molar-refractivity contribution in [3.63, 3.8) is 0 Å². The number of benzene rings is 1. The summed E-state index contributed by atoms with van der Waals surface area (Å²) in [6, 6.07) is 13.8. The number of amides is 1. The lowest BCUT2D eigenvalue weighted by Gasteiger charge is -2.09. The maximum Gasteiger partial charge on any atom is 0.230 e. The molecule has 0 aliphatic heterocycles. The molecule has 3 aromatic heterocycles. The van der Waals surface area contributed by atoms with Gasteiger partial charge in [0.15, 0.2) is 0 Å². The van der Waals surface area contributed by atoms with Gasteiger partial charge in [-0.05, 0) is 37.3 Å². The molecule has 6 heteroatoms. The van der Waals surface area contributed by atoms with E-state index in [1.165, 1.54) is 0 Å². The molecule has 27 heavy (non-hydrogen) atoms. The minimum Gasteiger partial charge on any atom is -0.383 e. The smallest absolute Gasteiger partial charge is 0.230 e. The number of anilines is 1. The number of aromatic nitrogens is 3. The molecular formula is C21H22N4O2. The summed E-state index contributed by atoms with van der Waals surface area (Å²) >= 11 is 0. The minimum atomic E-state index is -0.0547. The molecule has 0 atom stereocenters. The first kappa shape index (κ1) is 17.3. The molecule has 4 aromatic rings. The van der Waals surface area contributed by atoms with E-state index < -0.39 is 0 Å². The predicted molar refractivity (Wildman–Crippen MR) is 106 cm³/mol. The van der Waals surface area contributed by atoms with Gasteiger partial charge in [0.2, 0.25) is 5.91 Å². The van der Waals surface area contributed by atoms with Crippen molar-refractivity contribution in [2.75, 3.05) is 19.0 Å². The highest BCUT2D eigenvalue weighted by molar-refractivity contribution is 6.02. The topological polar surface area (TPSA) is 60.6 Å². The quantitative estimate of drug-likeness (QED) is 0.572. The second kappa shape index (κ2) is 7.25. The normalized spacial score (nSPS) is 11.3. The van der Waals surface area contributed by atoms with Crippen molar-refractivity contribution in [3.05, 3.63) is 66.2 Å². The van der Waals surface area contributed by atoms with E-state index in [1.807, 2.05) is 60.1 Å². The van der Waals surface area contributed by atoms with Crippen molar-refractivity contribution in [3.8, 4) is 0 Å². The van der Waals surface area contributed by atoms with Crippen LogP contribution >= 0.6 is 0 Å². The van der Waals surface area contributed by atoms with Gasteiger partial charge in [0.05, 0.1) is 35.6 Å². The molecular weight excluding hydrogens is 340 g/mol. The summed E-state index contributed by atoms with van der Waals surface area (Å²) in [6.45, 7) is 3.36. The Morgan fingerprint density at radius 2 is 2.04 bits per heavy atom. The van der Waals surface area contributed by atoms with Crippen LogP contribution in [0.15, 0.2) is 54.9 Å². The molecule has 138 valence electrons. The fourth-order valence-electron chi connectivity index (χ4n) is 3.44. The Morgan fingerprint density at radius 1 is 1.15 bits per heavy atom. The van der Waals surface area contributed by atoms with Gasteiger partial charge in [0.25, 0.3) is 0 Å². The molecule has 1 amide bonds. The highest BCUT2D eigenvalue weighted by Crippen LogP contribution is 2.25. The van der Waals surface area contributed by atoms with Crippen molar-refractivity contribution in [1.82, 2.24) is 14.0 Å². The third-order valence-electron chi connectivity index (χ3n) is 4.78. The molecule has 6 nitrogen and oxygen atoms in total. The van der Waals surface area contributed by atoms with Crippen LogP contribution in [-0.2, 0) is 22.5 Å². The zero-order chi connectivity index (χ0) is 18.8. The fourth-order valence-corrected chi connectivity index (χ4v) is 3.44. The lowest BCUT2D eigenvalue weighted by Crippen LogP contribution is -2.16. The molecule has 0 bridgehead atoms. The highest BCUT2D eigenvalue weighted by atomic mass is 16.5.